The highest BCUT2D eigenvalue weighted by Gasteiger charge is 2.74. The molecular weight excluding hydrogens is 425 g/mol. The number of nitrogens with zero attached hydrogens (tertiary/aromatic N) is 2. The molecule has 1 spiro atoms. The molecule has 3 amide bonds. The van der Waals surface area contributed by atoms with Crippen LogP contribution in [0.5, 0.6) is 0 Å². The second-order valence-corrected chi connectivity index (χ2v) is 9.07. The van der Waals surface area contributed by atoms with Gasteiger partial charge in [-0.3, -0.25) is 19.3 Å². The highest BCUT2D eigenvalue weighted by molar-refractivity contribution is 6.37. The minimum absolute atomic E-state index is 0.172. The molecule has 2 aromatic rings. The molecule has 6 nitrogen and oxygen atoms in total. The van der Waals surface area contributed by atoms with Crippen LogP contribution < -0.4 is 10.2 Å². The molecule has 6 rings (SSSR count). The maximum absolute atomic E-state index is 13.8. The third-order valence-electron chi connectivity index (χ3n) is 7.07. The Labute approximate surface area is 182 Å². The number of imide groups is 1. The zero-order valence-electron chi connectivity index (χ0n) is 15.8. The van der Waals surface area contributed by atoms with Crippen LogP contribution in [-0.4, -0.2) is 35.2 Å². The molecule has 3 fully saturated rings. The number of hydrogen-bond acceptors (Lipinski definition) is 4. The van der Waals surface area contributed by atoms with Crippen LogP contribution >= 0.6 is 23.2 Å². The van der Waals surface area contributed by atoms with E-state index in [0.717, 1.165) is 12.8 Å². The number of anilines is 2. The van der Waals surface area contributed by atoms with Crippen molar-refractivity contribution in [2.75, 3.05) is 16.8 Å². The summed E-state index contributed by atoms with van der Waals surface area (Å²) in [6, 6.07) is 12.0. The lowest BCUT2D eigenvalue weighted by Gasteiger charge is -2.36. The van der Waals surface area contributed by atoms with Gasteiger partial charge in [-0.05, 0) is 37.6 Å². The molecule has 0 radical (unpaired) electrons. The first-order valence-electron chi connectivity index (χ1n) is 9.97. The van der Waals surface area contributed by atoms with Gasteiger partial charge < -0.3 is 5.32 Å². The van der Waals surface area contributed by atoms with Crippen molar-refractivity contribution in [1.29, 1.82) is 0 Å². The average molecular weight is 442 g/mol. The summed E-state index contributed by atoms with van der Waals surface area (Å²) >= 11 is 12.7. The van der Waals surface area contributed by atoms with Crippen LogP contribution in [0.2, 0.25) is 10.0 Å². The van der Waals surface area contributed by atoms with E-state index in [0.29, 0.717) is 33.5 Å². The maximum Gasteiger partial charge on any atom is 0.250 e. The Morgan fingerprint density at radius 3 is 2.53 bits per heavy atom. The largest absolute Gasteiger partial charge is 0.323 e. The second-order valence-electron chi connectivity index (χ2n) is 8.25. The minimum atomic E-state index is -1.23. The Morgan fingerprint density at radius 1 is 0.967 bits per heavy atom. The molecule has 4 aliphatic rings. The van der Waals surface area contributed by atoms with Gasteiger partial charge in [0.25, 0.3) is 5.91 Å². The molecule has 3 saturated heterocycles. The highest BCUT2D eigenvalue weighted by Crippen LogP contribution is 2.61. The Hall–Kier alpha value is -2.41. The molecule has 4 heterocycles. The molecule has 30 heavy (non-hydrogen) atoms. The minimum Gasteiger partial charge on any atom is -0.323 e. The van der Waals surface area contributed by atoms with Gasteiger partial charge in [-0.25, -0.2) is 4.90 Å². The summed E-state index contributed by atoms with van der Waals surface area (Å²) in [5.41, 5.74) is 0.357. The van der Waals surface area contributed by atoms with E-state index in [1.807, 2.05) is 6.07 Å². The van der Waals surface area contributed by atoms with Gasteiger partial charge in [0.05, 0.1) is 33.3 Å². The Morgan fingerprint density at radius 2 is 1.73 bits per heavy atom. The number of fused-ring (bicyclic) bond motifs is 7. The number of carbonyl (C=O) groups is 3. The van der Waals surface area contributed by atoms with Gasteiger partial charge in [0.1, 0.15) is 5.54 Å². The summed E-state index contributed by atoms with van der Waals surface area (Å²) < 4.78 is 0. The molecule has 8 heteroatoms. The lowest BCUT2D eigenvalue weighted by atomic mass is 9.75. The van der Waals surface area contributed by atoms with E-state index in [4.69, 9.17) is 23.2 Å². The number of benzene rings is 2. The molecule has 1 N–H and O–H groups in total. The Bertz CT molecular complexity index is 1150. The van der Waals surface area contributed by atoms with Gasteiger partial charge in [0.2, 0.25) is 11.8 Å². The van der Waals surface area contributed by atoms with Crippen molar-refractivity contribution in [3.8, 4) is 0 Å². The Balaban J connectivity index is 1.59. The summed E-state index contributed by atoms with van der Waals surface area (Å²) in [5.74, 6) is -2.35. The first kappa shape index (κ1) is 18.4. The molecular formula is C22H17Cl2N3O3. The van der Waals surface area contributed by atoms with Gasteiger partial charge in [0.15, 0.2) is 0 Å². The quantitative estimate of drug-likeness (QED) is 0.688. The fourth-order valence-electron chi connectivity index (χ4n) is 6.06. The summed E-state index contributed by atoms with van der Waals surface area (Å²) in [6.45, 7) is 0.656. The first-order valence-corrected chi connectivity index (χ1v) is 10.7. The molecule has 0 aromatic heterocycles. The first-order chi connectivity index (χ1) is 14.5. The number of amides is 3. The number of para-hydroxylation sites is 2. The molecule has 152 valence electrons. The monoisotopic (exact) mass is 441 g/mol. The standard InChI is InChI=1S/C22H17Cl2N3O3/c23-12-6-1-2-8-14(12)27-19(28)16-15-9-4-10-26(15)22(17(16)20(27)29)11-5-3-7-13(24)18(11)25-21(22)30/h1-3,5-8,15-17H,4,9-10H2,(H,25,30)/t15-,16+,17-,22-/m0/s1. The molecule has 0 saturated carbocycles. The fourth-order valence-corrected chi connectivity index (χ4v) is 6.51. The Kier molecular flexibility index (Phi) is 3.71. The molecule has 4 atom stereocenters. The van der Waals surface area contributed by atoms with Crippen LogP contribution in [0.25, 0.3) is 0 Å². The van der Waals surface area contributed by atoms with Crippen LogP contribution in [0.4, 0.5) is 11.4 Å². The van der Waals surface area contributed by atoms with E-state index in [-0.39, 0.29) is 23.8 Å². The summed E-state index contributed by atoms with van der Waals surface area (Å²) in [6.07, 6.45) is 1.63. The van der Waals surface area contributed by atoms with Gasteiger partial charge >= 0.3 is 0 Å². The zero-order chi connectivity index (χ0) is 20.8. The van der Waals surface area contributed by atoms with Crippen molar-refractivity contribution < 1.29 is 14.4 Å². The van der Waals surface area contributed by atoms with Gasteiger partial charge in [-0.1, -0.05) is 47.5 Å². The van der Waals surface area contributed by atoms with Gasteiger partial charge in [0, 0.05) is 11.6 Å². The highest BCUT2D eigenvalue weighted by atomic mass is 35.5. The van der Waals surface area contributed by atoms with Crippen LogP contribution in [0, 0.1) is 11.8 Å². The van der Waals surface area contributed by atoms with Crippen LogP contribution in [-0.2, 0) is 19.9 Å². The van der Waals surface area contributed by atoms with E-state index < -0.39 is 17.4 Å². The lowest BCUT2D eigenvalue weighted by Crippen LogP contribution is -2.54. The van der Waals surface area contributed by atoms with E-state index in [1.54, 1.807) is 36.4 Å². The second kappa shape index (κ2) is 6.06. The van der Waals surface area contributed by atoms with E-state index in [1.165, 1.54) is 4.90 Å². The predicted molar refractivity (Wildman–Crippen MR) is 112 cm³/mol. The topological polar surface area (TPSA) is 69.7 Å². The van der Waals surface area contributed by atoms with Crippen LogP contribution in [0.15, 0.2) is 42.5 Å². The number of nitrogens with one attached hydrogen (secondary N) is 1. The molecule has 0 unspecified atom stereocenters. The smallest absolute Gasteiger partial charge is 0.250 e. The summed E-state index contributed by atoms with van der Waals surface area (Å²) in [5, 5.41) is 3.66. The number of halogens is 2. The van der Waals surface area contributed by atoms with Crippen molar-refractivity contribution in [3.63, 3.8) is 0 Å². The van der Waals surface area contributed by atoms with Gasteiger partial charge in [-0.2, -0.15) is 0 Å². The van der Waals surface area contributed by atoms with E-state index in [2.05, 4.69) is 10.2 Å². The van der Waals surface area contributed by atoms with Crippen molar-refractivity contribution in [3.05, 3.63) is 58.1 Å². The average Bonchev–Trinajstić information content (AvgIpc) is 3.42. The van der Waals surface area contributed by atoms with Crippen LogP contribution in [0.1, 0.15) is 18.4 Å². The van der Waals surface area contributed by atoms with E-state index >= 15 is 0 Å². The third kappa shape index (κ3) is 1.97. The molecule has 2 aromatic carbocycles. The number of carbonyl (C=O) groups excluding carboxylic acids is 3. The number of rotatable bonds is 1. The summed E-state index contributed by atoms with van der Waals surface area (Å²) in [7, 11) is 0. The number of hydrogen-bond donors (Lipinski definition) is 1. The lowest BCUT2D eigenvalue weighted by molar-refractivity contribution is -0.135. The zero-order valence-corrected chi connectivity index (χ0v) is 17.3. The SMILES string of the molecule is O=C1[C@H]2[C@@H](C(=O)N1c1ccccc1Cl)[C@@]1(C(=O)Nc3c(Cl)cccc31)N1CCC[C@@H]21. The van der Waals surface area contributed by atoms with Gasteiger partial charge in [-0.15, -0.1) is 0 Å². The molecule has 0 bridgehead atoms. The molecule has 0 aliphatic carbocycles. The van der Waals surface area contributed by atoms with Crippen molar-refractivity contribution in [2.24, 2.45) is 11.8 Å². The summed E-state index contributed by atoms with van der Waals surface area (Å²) in [4.78, 5) is 44.2. The van der Waals surface area contributed by atoms with Crippen LogP contribution in [0.3, 0.4) is 0 Å². The fraction of sp³-hybridized carbons (Fsp3) is 0.318. The van der Waals surface area contributed by atoms with E-state index in [9.17, 15) is 14.4 Å². The normalized spacial score (nSPS) is 32.0. The molecule has 4 aliphatic heterocycles. The van der Waals surface area contributed by atoms with Crippen molar-refractivity contribution in [2.45, 2.75) is 24.4 Å². The maximum atomic E-state index is 13.8. The van der Waals surface area contributed by atoms with Crippen molar-refractivity contribution >= 4 is 52.3 Å². The third-order valence-corrected chi connectivity index (χ3v) is 7.70. The predicted octanol–water partition coefficient (Wildman–Crippen LogP) is 3.42. The van der Waals surface area contributed by atoms with Crippen molar-refractivity contribution in [1.82, 2.24) is 4.90 Å².